The van der Waals surface area contributed by atoms with Gasteiger partial charge < -0.3 is 0 Å². The summed E-state index contributed by atoms with van der Waals surface area (Å²) in [5, 5.41) is 0. The minimum Gasteiger partial charge on any atom is -0.200 e. The molecule has 2 N–H and O–H groups in total. The van der Waals surface area contributed by atoms with Crippen LogP contribution in [0.5, 0.6) is 0 Å². The summed E-state index contributed by atoms with van der Waals surface area (Å²) >= 11 is 0. The van der Waals surface area contributed by atoms with Gasteiger partial charge in [-0.05, 0) is 53.1 Å². The molecule has 7 heteroatoms. The number of rotatable bonds is 3. The van der Waals surface area contributed by atoms with Crippen molar-refractivity contribution in [3.8, 4) is 0 Å². The Labute approximate surface area is 135 Å². The molecule has 0 amide bonds. The quantitative estimate of drug-likeness (QED) is 0.690. The van der Waals surface area contributed by atoms with Gasteiger partial charge in [0.25, 0.3) is 5.82 Å². The number of aromatic nitrogens is 1. The van der Waals surface area contributed by atoms with Gasteiger partial charge in [-0.25, -0.2) is 0 Å². The fourth-order valence-electron chi connectivity index (χ4n) is 2.91. The summed E-state index contributed by atoms with van der Waals surface area (Å²) in [6.45, 7) is 5.39. The minimum atomic E-state index is -4.07. The Morgan fingerprint density at radius 1 is 1.17 bits per heavy atom. The highest BCUT2D eigenvalue weighted by molar-refractivity contribution is 7.86. The van der Waals surface area contributed by atoms with Crippen molar-refractivity contribution in [1.82, 2.24) is 9.74 Å². The largest absolute Gasteiger partial charge is 0.346 e. The maximum absolute atomic E-state index is 12.8. The molecule has 23 heavy (non-hydrogen) atoms. The van der Waals surface area contributed by atoms with E-state index in [0.29, 0.717) is 16.9 Å². The standard InChI is InChI=1S/C16H18N3O3S/c1-11-9-12(2)15(13(3)10-11)23(20,21)22-19(17)8-6-14-5-4-7-18-16(14)19/h4-10H,17H2,1-3H3/q+1. The van der Waals surface area contributed by atoms with Gasteiger partial charge >= 0.3 is 10.1 Å². The van der Waals surface area contributed by atoms with Crippen LogP contribution in [0.4, 0.5) is 5.82 Å². The van der Waals surface area contributed by atoms with Gasteiger partial charge in [0.2, 0.25) is 0 Å². The van der Waals surface area contributed by atoms with E-state index in [2.05, 4.69) is 4.98 Å². The van der Waals surface area contributed by atoms with Crippen LogP contribution in [0.25, 0.3) is 6.08 Å². The van der Waals surface area contributed by atoms with E-state index in [1.165, 1.54) is 6.20 Å². The molecule has 2 heterocycles. The summed E-state index contributed by atoms with van der Waals surface area (Å²) in [7, 11) is -4.07. The molecule has 0 saturated heterocycles. The summed E-state index contributed by atoms with van der Waals surface area (Å²) in [5.41, 5.74) is 2.96. The van der Waals surface area contributed by atoms with Crippen molar-refractivity contribution < 1.29 is 12.7 Å². The molecule has 0 bridgehead atoms. The third-order valence-corrected chi connectivity index (χ3v) is 5.29. The number of pyridine rings is 1. The zero-order valence-electron chi connectivity index (χ0n) is 13.1. The van der Waals surface area contributed by atoms with E-state index < -0.39 is 14.9 Å². The molecule has 0 fully saturated rings. The number of nitrogens with zero attached hydrogens (tertiary/aromatic N) is 2. The third kappa shape index (κ3) is 2.68. The normalized spacial score (nSPS) is 19.8. The van der Waals surface area contributed by atoms with Crippen LogP contribution in [0, 0.1) is 20.8 Å². The van der Waals surface area contributed by atoms with E-state index in [0.717, 1.165) is 11.1 Å². The van der Waals surface area contributed by atoms with Crippen molar-refractivity contribution in [2.24, 2.45) is 5.84 Å². The SMILES string of the molecule is Cc1cc(C)c(S(=O)(=O)O[N+]2(N)C=Cc3cccnc32)c(C)c1. The Kier molecular flexibility index (Phi) is 3.61. The number of hydrogen-bond acceptors (Lipinski definition) is 5. The third-order valence-electron chi connectivity index (χ3n) is 3.70. The number of aryl methyl sites for hydroxylation is 3. The van der Waals surface area contributed by atoms with Crippen LogP contribution < -0.4 is 10.6 Å². The lowest BCUT2D eigenvalue weighted by atomic mass is 10.1. The molecule has 120 valence electrons. The number of fused-ring (bicyclic) bond motifs is 1. The summed E-state index contributed by atoms with van der Waals surface area (Å²) in [4.78, 5) is 4.29. The second-order valence-corrected chi connectivity index (χ2v) is 7.16. The Balaban J connectivity index is 2.06. The predicted octanol–water partition coefficient (Wildman–Crippen LogP) is 2.49. The predicted molar refractivity (Wildman–Crippen MR) is 88.2 cm³/mol. The summed E-state index contributed by atoms with van der Waals surface area (Å²) < 4.78 is 30.1. The Bertz CT molecular complexity index is 899. The van der Waals surface area contributed by atoms with Crippen LogP contribution in [0.2, 0.25) is 0 Å². The van der Waals surface area contributed by atoms with Gasteiger partial charge in [0.15, 0.2) is 6.20 Å². The van der Waals surface area contributed by atoms with Crippen LogP contribution in [0.3, 0.4) is 0 Å². The van der Waals surface area contributed by atoms with Crippen molar-refractivity contribution in [2.45, 2.75) is 25.7 Å². The molecular weight excluding hydrogens is 314 g/mol. The average molecular weight is 332 g/mol. The van der Waals surface area contributed by atoms with Crippen LogP contribution in [-0.2, 0) is 14.4 Å². The topological polar surface area (TPSA) is 82.3 Å². The number of nitrogens with two attached hydrogens (primary N) is 1. The molecule has 2 aromatic rings. The van der Waals surface area contributed by atoms with Crippen LogP contribution >= 0.6 is 0 Å². The minimum absolute atomic E-state index is 0.142. The van der Waals surface area contributed by atoms with Crippen molar-refractivity contribution in [1.29, 1.82) is 0 Å². The van der Waals surface area contributed by atoms with E-state index in [-0.39, 0.29) is 4.90 Å². The number of benzene rings is 1. The Hall–Kier alpha value is -2.06. The number of hydrogen-bond donors (Lipinski definition) is 1. The maximum atomic E-state index is 12.8. The van der Waals surface area contributed by atoms with Gasteiger partial charge in [-0.15, -0.1) is 5.84 Å². The molecule has 1 atom stereocenters. The van der Waals surface area contributed by atoms with Gasteiger partial charge in [0.1, 0.15) is 4.90 Å². The average Bonchev–Trinajstić information content (AvgIpc) is 2.74. The van der Waals surface area contributed by atoms with E-state index in [1.807, 2.05) is 6.92 Å². The maximum Gasteiger partial charge on any atom is 0.346 e. The summed E-state index contributed by atoms with van der Waals surface area (Å²) in [5.74, 6) is 6.44. The molecule has 1 aromatic carbocycles. The summed E-state index contributed by atoms with van der Waals surface area (Å²) in [6.07, 6.45) is 4.69. The lowest BCUT2D eigenvalue weighted by Gasteiger charge is -2.21. The molecule has 1 aliphatic heterocycles. The van der Waals surface area contributed by atoms with E-state index in [9.17, 15) is 8.42 Å². The molecule has 1 unspecified atom stereocenters. The fourth-order valence-corrected chi connectivity index (χ4v) is 4.34. The van der Waals surface area contributed by atoms with Gasteiger partial charge in [-0.3, -0.25) is 0 Å². The molecule has 0 radical (unpaired) electrons. The molecule has 0 spiro atoms. The smallest absolute Gasteiger partial charge is 0.200 e. The zero-order valence-corrected chi connectivity index (χ0v) is 14.0. The Morgan fingerprint density at radius 2 is 1.83 bits per heavy atom. The molecule has 0 saturated carbocycles. The van der Waals surface area contributed by atoms with Crippen LogP contribution in [0.1, 0.15) is 22.3 Å². The van der Waals surface area contributed by atoms with E-state index >= 15 is 0 Å². The monoisotopic (exact) mass is 332 g/mol. The molecule has 1 aromatic heterocycles. The highest BCUT2D eigenvalue weighted by Gasteiger charge is 2.42. The van der Waals surface area contributed by atoms with Gasteiger partial charge in [-0.1, -0.05) is 17.7 Å². The first-order chi connectivity index (χ1) is 10.7. The van der Waals surface area contributed by atoms with Crippen molar-refractivity contribution in [3.63, 3.8) is 0 Å². The van der Waals surface area contributed by atoms with Gasteiger partial charge in [-0.2, -0.15) is 13.4 Å². The number of quaternary nitrogens is 1. The fraction of sp³-hybridized carbons (Fsp3) is 0.188. The van der Waals surface area contributed by atoms with Gasteiger partial charge in [0, 0.05) is 12.3 Å². The first-order valence-corrected chi connectivity index (χ1v) is 8.50. The Morgan fingerprint density at radius 3 is 2.48 bits per heavy atom. The number of hydroxylamine groups is 1. The first-order valence-electron chi connectivity index (χ1n) is 7.09. The second kappa shape index (κ2) is 5.24. The lowest BCUT2D eigenvalue weighted by molar-refractivity contribution is 0.00763. The molecule has 3 rings (SSSR count). The van der Waals surface area contributed by atoms with E-state index in [4.69, 9.17) is 10.1 Å². The second-order valence-electron chi connectivity index (χ2n) is 5.70. The summed E-state index contributed by atoms with van der Waals surface area (Å²) in [6, 6.07) is 7.15. The van der Waals surface area contributed by atoms with Crippen molar-refractivity contribution in [3.05, 3.63) is 58.9 Å². The van der Waals surface area contributed by atoms with Crippen LogP contribution in [-0.4, -0.2) is 13.4 Å². The van der Waals surface area contributed by atoms with Crippen molar-refractivity contribution >= 4 is 22.0 Å². The highest BCUT2D eigenvalue weighted by atomic mass is 32.2. The molecular formula is C16H18N3O3S+. The molecule has 0 aliphatic carbocycles. The van der Waals surface area contributed by atoms with Crippen molar-refractivity contribution in [2.75, 3.05) is 0 Å². The zero-order chi connectivity index (χ0) is 16.8. The molecule has 6 nitrogen and oxygen atoms in total. The van der Waals surface area contributed by atoms with Crippen LogP contribution in [0.15, 0.2) is 41.6 Å². The lowest BCUT2D eigenvalue weighted by Crippen LogP contribution is -2.51. The highest BCUT2D eigenvalue weighted by Crippen LogP contribution is 2.33. The molecule has 1 aliphatic rings. The van der Waals surface area contributed by atoms with Gasteiger partial charge in [0.05, 0.1) is 5.56 Å². The van der Waals surface area contributed by atoms with E-state index in [1.54, 1.807) is 50.4 Å². The first kappa shape index (κ1) is 15.8.